The maximum atomic E-state index is 12.0. The first-order chi connectivity index (χ1) is 14.2. The number of hydrogen-bond donors (Lipinski definition) is 2. The predicted molar refractivity (Wildman–Crippen MR) is 106 cm³/mol. The molecule has 0 aliphatic rings. The first-order valence-corrected chi connectivity index (χ1v) is 10.2. The second kappa shape index (κ2) is 8.66. The number of aromatic nitrogens is 2. The minimum Gasteiger partial charge on any atom is -0.496 e. The number of phosphoric ester groups is 1. The molecule has 0 fully saturated rings. The standard InChI is InChI=1S/C19H19N2O8P/c1-11(22)18-19(21-15-7-5-4-6-14(15)20-18)28-10-13-16(26-2)8-12(9-17(13)27-3)29-30(23,24)25/h4-9H,10H2,1-3H3,(H2,23,24,25). The summed E-state index contributed by atoms with van der Waals surface area (Å²) in [4.78, 5) is 38.8. The number of phosphoric acid groups is 1. The van der Waals surface area contributed by atoms with Gasteiger partial charge >= 0.3 is 7.82 Å². The first kappa shape index (κ1) is 21.5. The van der Waals surface area contributed by atoms with Crippen LogP contribution in [0.5, 0.6) is 23.1 Å². The van der Waals surface area contributed by atoms with Crippen LogP contribution in [0, 0.1) is 0 Å². The lowest BCUT2D eigenvalue weighted by atomic mass is 10.1. The van der Waals surface area contributed by atoms with Crippen LogP contribution in [0.25, 0.3) is 11.0 Å². The third-order valence-electron chi connectivity index (χ3n) is 4.03. The van der Waals surface area contributed by atoms with Crippen molar-refractivity contribution in [2.24, 2.45) is 0 Å². The third kappa shape index (κ3) is 4.85. The maximum absolute atomic E-state index is 12.0. The lowest BCUT2D eigenvalue weighted by Crippen LogP contribution is -2.08. The number of benzene rings is 2. The molecule has 1 aromatic heterocycles. The summed E-state index contributed by atoms with van der Waals surface area (Å²) in [5.41, 5.74) is 1.61. The van der Waals surface area contributed by atoms with Crippen LogP contribution in [0.1, 0.15) is 23.0 Å². The first-order valence-electron chi connectivity index (χ1n) is 8.62. The highest BCUT2D eigenvalue weighted by Crippen LogP contribution is 2.42. The second-order valence-corrected chi connectivity index (χ2v) is 7.26. The van der Waals surface area contributed by atoms with Crippen molar-refractivity contribution in [3.05, 3.63) is 47.7 Å². The predicted octanol–water partition coefficient (Wildman–Crippen LogP) is 2.90. The van der Waals surface area contributed by atoms with Crippen LogP contribution >= 0.6 is 7.82 Å². The number of para-hydroxylation sites is 2. The van der Waals surface area contributed by atoms with Gasteiger partial charge in [0.2, 0.25) is 5.88 Å². The number of nitrogens with zero attached hydrogens (tertiary/aromatic N) is 2. The molecular formula is C19H19N2O8P. The third-order valence-corrected chi connectivity index (χ3v) is 4.48. The highest BCUT2D eigenvalue weighted by Gasteiger charge is 2.22. The molecule has 0 radical (unpaired) electrons. The second-order valence-electron chi connectivity index (χ2n) is 6.10. The minimum absolute atomic E-state index is 0.0425. The summed E-state index contributed by atoms with van der Waals surface area (Å²) in [7, 11) is -2.02. The zero-order chi connectivity index (χ0) is 21.9. The van der Waals surface area contributed by atoms with E-state index in [1.807, 2.05) is 0 Å². The Kier molecular flexibility index (Phi) is 6.21. The van der Waals surface area contributed by atoms with Gasteiger partial charge < -0.3 is 18.7 Å². The number of Topliss-reactive ketones (excluding diaryl/α,β-unsaturated/α-hetero) is 1. The number of fused-ring (bicyclic) bond motifs is 1. The summed E-state index contributed by atoms with van der Waals surface area (Å²) < 4.78 is 32.1. The van der Waals surface area contributed by atoms with Crippen molar-refractivity contribution in [3.8, 4) is 23.1 Å². The van der Waals surface area contributed by atoms with E-state index < -0.39 is 7.82 Å². The number of carbonyl (C=O) groups is 1. The molecule has 0 spiro atoms. The molecule has 0 amide bonds. The van der Waals surface area contributed by atoms with Gasteiger partial charge in [0.05, 0.1) is 30.8 Å². The summed E-state index contributed by atoms with van der Waals surface area (Å²) >= 11 is 0. The van der Waals surface area contributed by atoms with E-state index in [0.29, 0.717) is 16.6 Å². The van der Waals surface area contributed by atoms with Crippen LogP contribution in [0.15, 0.2) is 36.4 Å². The normalized spacial score (nSPS) is 11.2. The molecule has 0 bridgehead atoms. The largest absolute Gasteiger partial charge is 0.524 e. The molecule has 0 saturated carbocycles. The molecule has 158 valence electrons. The average Bonchev–Trinajstić information content (AvgIpc) is 2.70. The van der Waals surface area contributed by atoms with Crippen LogP contribution in [0.4, 0.5) is 0 Å². The van der Waals surface area contributed by atoms with E-state index in [1.54, 1.807) is 24.3 Å². The number of ether oxygens (including phenoxy) is 3. The van der Waals surface area contributed by atoms with Gasteiger partial charge in [-0.3, -0.25) is 14.6 Å². The molecule has 10 nitrogen and oxygen atoms in total. The van der Waals surface area contributed by atoms with Gasteiger partial charge in [-0.05, 0) is 12.1 Å². The van der Waals surface area contributed by atoms with E-state index in [1.165, 1.54) is 33.3 Å². The van der Waals surface area contributed by atoms with Gasteiger partial charge in [-0.15, -0.1) is 0 Å². The Labute approximate surface area is 171 Å². The van der Waals surface area contributed by atoms with E-state index in [-0.39, 0.29) is 41.2 Å². The van der Waals surface area contributed by atoms with Crippen LogP contribution < -0.4 is 18.7 Å². The summed E-state index contributed by atoms with van der Waals surface area (Å²) in [6.45, 7) is 1.25. The van der Waals surface area contributed by atoms with E-state index in [9.17, 15) is 9.36 Å². The van der Waals surface area contributed by atoms with E-state index in [2.05, 4.69) is 14.5 Å². The summed E-state index contributed by atoms with van der Waals surface area (Å²) in [5.74, 6) is -0.00372. The fourth-order valence-electron chi connectivity index (χ4n) is 2.75. The molecule has 2 N–H and O–H groups in total. The van der Waals surface area contributed by atoms with Crippen molar-refractivity contribution in [2.75, 3.05) is 14.2 Å². The fraction of sp³-hybridized carbons (Fsp3) is 0.211. The Morgan fingerprint density at radius 1 is 1.03 bits per heavy atom. The topological polar surface area (TPSA) is 137 Å². The molecule has 11 heteroatoms. The molecule has 2 aromatic carbocycles. The van der Waals surface area contributed by atoms with Crippen molar-refractivity contribution in [1.29, 1.82) is 0 Å². The van der Waals surface area contributed by atoms with Crippen molar-refractivity contribution in [2.45, 2.75) is 13.5 Å². The summed E-state index contributed by atoms with van der Waals surface area (Å²) in [6, 6.07) is 9.65. The van der Waals surface area contributed by atoms with Crippen LogP contribution in [0.2, 0.25) is 0 Å². The Bertz CT molecular complexity index is 1120. The zero-order valence-corrected chi connectivity index (χ0v) is 17.3. The van der Waals surface area contributed by atoms with E-state index in [0.717, 1.165) is 0 Å². The summed E-state index contributed by atoms with van der Waals surface area (Å²) in [5, 5.41) is 0. The van der Waals surface area contributed by atoms with Crippen LogP contribution in [-0.2, 0) is 11.2 Å². The number of hydrogen-bond acceptors (Lipinski definition) is 8. The lowest BCUT2D eigenvalue weighted by Gasteiger charge is -2.17. The highest BCUT2D eigenvalue weighted by molar-refractivity contribution is 7.46. The molecular weight excluding hydrogens is 415 g/mol. The SMILES string of the molecule is COc1cc(OP(=O)(O)O)cc(OC)c1COc1nc2ccccc2nc1C(C)=O. The molecule has 0 saturated heterocycles. The number of methoxy groups -OCH3 is 2. The number of rotatable bonds is 8. The van der Waals surface area contributed by atoms with Crippen LogP contribution in [-0.4, -0.2) is 39.8 Å². The summed E-state index contributed by atoms with van der Waals surface area (Å²) in [6.07, 6.45) is 0. The number of ketones is 1. The lowest BCUT2D eigenvalue weighted by molar-refractivity contribution is 0.100. The Morgan fingerprint density at radius 2 is 1.60 bits per heavy atom. The van der Waals surface area contributed by atoms with Crippen molar-refractivity contribution in [3.63, 3.8) is 0 Å². The van der Waals surface area contributed by atoms with Gasteiger partial charge in [0.1, 0.15) is 23.9 Å². The molecule has 3 aromatic rings. The van der Waals surface area contributed by atoms with E-state index in [4.69, 9.17) is 24.0 Å². The Hall–Kier alpha value is -3.20. The molecule has 0 atom stereocenters. The molecule has 3 rings (SSSR count). The fourth-order valence-corrected chi connectivity index (χ4v) is 3.13. The van der Waals surface area contributed by atoms with Gasteiger partial charge in [0.15, 0.2) is 11.5 Å². The molecule has 0 aliphatic carbocycles. The van der Waals surface area contributed by atoms with Crippen molar-refractivity contribution in [1.82, 2.24) is 9.97 Å². The smallest absolute Gasteiger partial charge is 0.496 e. The van der Waals surface area contributed by atoms with Gasteiger partial charge in [-0.2, -0.15) is 0 Å². The van der Waals surface area contributed by atoms with Crippen molar-refractivity contribution >= 4 is 24.6 Å². The maximum Gasteiger partial charge on any atom is 0.524 e. The minimum atomic E-state index is -4.77. The Morgan fingerprint density at radius 3 is 2.10 bits per heavy atom. The zero-order valence-electron chi connectivity index (χ0n) is 16.4. The monoisotopic (exact) mass is 434 g/mol. The van der Waals surface area contributed by atoms with Gasteiger partial charge in [-0.25, -0.2) is 14.5 Å². The molecule has 0 aliphatic heterocycles. The molecule has 30 heavy (non-hydrogen) atoms. The number of carbonyl (C=O) groups excluding carboxylic acids is 1. The van der Waals surface area contributed by atoms with Gasteiger partial charge in [0, 0.05) is 19.1 Å². The quantitative estimate of drug-likeness (QED) is 0.402. The Balaban J connectivity index is 1.98. The average molecular weight is 434 g/mol. The molecule has 1 heterocycles. The van der Waals surface area contributed by atoms with Gasteiger partial charge in [0.25, 0.3) is 0 Å². The van der Waals surface area contributed by atoms with Crippen LogP contribution in [0.3, 0.4) is 0 Å². The van der Waals surface area contributed by atoms with Crippen molar-refractivity contribution < 1.29 is 37.9 Å². The highest BCUT2D eigenvalue weighted by atomic mass is 31.2. The molecule has 0 unspecified atom stereocenters. The van der Waals surface area contributed by atoms with Gasteiger partial charge in [-0.1, -0.05) is 12.1 Å². The van der Waals surface area contributed by atoms with E-state index >= 15 is 0 Å².